The Labute approximate surface area is 73.7 Å². The van der Waals surface area contributed by atoms with Crippen molar-refractivity contribution in [2.45, 2.75) is 6.92 Å². The van der Waals surface area contributed by atoms with Crippen LogP contribution in [-0.2, 0) is 0 Å². The molecule has 0 N–H and O–H groups in total. The lowest BCUT2D eigenvalue weighted by atomic mass is 10.1. The number of allylic oxidation sites excluding steroid dienone is 1. The molecule has 1 rings (SSSR count). The third-order valence-corrected chi connectivity index (χ3v) is 1.60. The van der Waals surface area contributed by atoms with E-state index >= 15 is 0 Å². The van der Waals surface area contributed by atoms with Crippen LogP contribution in [0.3, 0.4) is 0 Å². The van der Waals surface area contributed by atoms with Crippen molar-refractivity contribution < 1.29 is 4.74 Å². The van der Waals surface area contributed by atoms with Crippen molar-refractivity contribution in [2.75, 3.05) is 6.61 Å². The molecule has 0 aliphatic rings. The van der Waals surface area contributed by atoms with Gasteiger partial charge in [-0.05, 0) is 25.5 Å². The fraction of sp³-hybridized carbons (Fsp3) is 0.182. The number of rotatable bonds is 3. The summed E-state index contributed by atoms with van der Waals surface area (Å²) in [6.07, 6.45) is 0. The van der Waals surface area contributed by atoms with E-state index in [-0.39, 0.29) is 0 Å². The Morgan fingerprint density at radius 2 is 2.08 bits per heavy atom. The van der Waals surface area contributed by atoms with Crippen molar-refractivity contribution in [3.05, 3.63) is 43.3 Å². The molecule has 1 aromatic rings. The first-order valence-electron chi connectivity index (χ1n) is 3.92. The highest BCUT2D eigenvalue weighted by molar-refractivity contribution is 5.66. The van der Waals surface area contributed by atoms with Crippen LogP contribution >= 0.6 is 0 Å². The van der Waals surface area contributed by atoms with Gasteiger partial charge in [0, 0.05) is 5.56 Å². The first-order chi connectivity index (χ1) is 5.75. The minimum absolute atomic E-state index is 0.449. The summed E-state index contributed by atoms with van der Waals surface area (Å²) in [5, 5.41) is 0. The second-order valence-corrected chi connectivity index (χ2v) is 2.62. The van der Waals surface area contributed by atoms with Crippen LogP contribution in [0.1, 0.15) is 12.5 Å². The van der Waals surface area contributed by atoms with E-state index < -0.39 is 0 Å². The number of benzene rings is 1. The van der Waals surface area contributed by atoms with Gasteiger partial charge in [0.15, 0.2) is 0 Å². The van der Waals surface area contributed by atoms with Gasteiger partial charge in [-0.2, -0.15) is 0 Å². The normalized spacial score (nSPS) is 9.50. The molecule has 12 heavy (non-hydrogen) atoms. The van der Waals surface area contributed by atoms with Gasteiger partial charge in [0.05, 0.1) is 6.61 Å². The van der Waals surface area contributed by atoms with E-state index in [4.69, 9.17) is 4.74 Å². The Balaban J connectivity index is 3.00. The molecule has 0 aliphatic carbocycles. The van der Waals surface area contributed by atoms with Crippen LogP contribution in [-0.4, -0.2) is 6.61 Å². The minimum atomic E-state index is 0.449. The molecule has 0 bridgehead atoms. The maximum Gasteiger partial charge on any atom is 0.126 e. The SMILES string of the molecule is [CH2]COc1ccccc1C(=C)C. The molecule has 0 saturated heterocycles. The largest absolute Gasteiger partial charge is 0.493 e. The van der Waals surface area contributed by atoms with E-state index in [0.29, 0.717) is 6.61 Å². The molecule has 1 aromatic carbocycles. The lowest BCUT2D eigenvalue weighted by Crippen LogP contribution is -1.94. The molecule has 0 spiro atoms. The second kappa shape index (κ2) is 3.96. The van der Waals surface area contributed by atoms with Crippen molar-refractivity contribution in [3.63, 3.8) is 0 Å². The summed E-state index contributed by atoms with van der Waals surface area (Å²) in [6.45, 7) is 9.91. The average molecular weight is 161 g/mol. The Morgan fingerprint density at radius 3 is 2.67 bits per heavy atom. The quantitative estimate of drug-likeness (QED) is 0.662. The van der Waals surface area contributed by atoms with Crippen LogP contribution in [0.15, 0.2) is 30.8 Å². The summed E-state index contributed by atoms with van der Waals surface area (Å²) < 4.78 is 5.33. The molecular weight excluding hydrogens is 148 g/mol. The fourth-order valence-electron chi connectivity index (χ4n) is 1.06. The van der Waals surface area contributed by atoms with Gasteiger partial charge < -0.3 is 4.74 Å². The predicted octanol–water partition coefficient (Wildman–Crippen LogP) is 2.93. The van der Waals surface area contributed by atoms with Crippen molar-refractivity contribution >= 4 is 5.57 Å². The van der Waals surface area contributed by atoms with Crippen LogP contribution in [0.5, 0.6) is 5.75 Å². The predicted molar refractivity (Wildman–Crippen MR) is 52.0 cm³/mol. The molecule has 0 fully saturated rings. The van der Waals surface area contributed by atoms with Crippen LogP contribution < -0.4 is 4.74 Å². The number of para-hydroxylation sites is 1. The van der Waals surface area contributed by atoms with Crippen molar-refractivity contribution in [3.8, 4) is 5.75 Å². The first-order valence-corrected chi connectivity index (χ1v) is 3.92. The molecule has 0 aromatic heterocycles. The maximum atomic E-state index is 5.33. The summed E-state index contributed by atoms with van der Waals surface area (Å²) in [6, 6.07) is 7.83. The van der Waals surface area contributed by atoms with Crippen molar-refractivity contribution in [1.82, 2.24) is 0 Å². The molecule has 63 valence electrons. The van der Waals surface area contributed by atoms with Crippen molar-refractivity contribution in [2.24, 2.45) is 0 Å². The number of hydrogen-bond donors (Lipinski definition) is 0. The highest BCUT2D eigenvalue weighted by atomic mass is 16.5. The Kier molecular flexibility index (Phi) is 2.92. The zero-order chi connectivity index (χ0) is 8.97. The Hall–Kier alpha value is -1.24. The van der Waals surface area contributed by atoms with Crippen LogP contribution in [0.4, 0.5) is 0 Å². The van der Waals surface area contributed by atoms with Gasteiger partial charge in [0.25, 0.3) is 0 Å². The van der Waals surface area contributed by atoms with Gasteiger partial charge in [0.2, 0.25) is 0 Å². The van der Waals surface area contributed by atoms with Gasteiger partial charge in [-0.3, -0.25) is 0 Å². The van der Waals surface area contributed by atoms with E-state index in [1.54, 1.807) is 0 Å². The monoisotopic (exact) mass is 161 g/mol. The van der Waals surface area contributed by atoms with Crippen LogP contribution in [0, 0.1) is 6.92 Å². The minimum Gasteiger partial charge on any atom is -0.493 e. The summed E-state index contributed by atoms with van der Waals surface area (Å²) in [5.74, 6) is 0.861. The molecule has 1 radical (unpaired) electrons. The van der Waals surface area contributed by atoms with Gasteiger partial charge in [-0.15, -0.1) is 0 Å². The Bertz CT molecular complexity index is 276. The van der Waals surface area contributed by atoms with Gasteiger partial charge in [-0.25, -0.2) is 0 Å². The molecule has 1 nitrogen and oxygen atoms in total. The summed E-state index contributed by atoms with van der Waals surface area (Å²) in [4.78, 5) is 0. The second-order valence-electron chi connectivity index (χ2n) is 2.62. The fourth-order valence-corrected chi connectivity index (χ4v) is 1.06. The number of hydrogen-bond acceptors (Lipinski definition) is 1. The zero-order valence-electron chi connectivity index (χ0n) is 7.34. The lowest BCUT2D eigenvalue weighted by Gasteiger charge is -2.08. The summed E-state index contributed by atoms with van der Waals surface area (Å²) in [7, 11) is 0. The molecule has 0 amide bonds. The van der Waals surface area contributed by atoms with E-state index in [9.17, 15) is 0 Å². The standard InChI is InChI=1S/C11H13O/c1-4-12-11-8-6-5-7-10(11)9(2)3/h5-8H,1-2,4H2,3H3. The summed E-state index contributed by atoms with van der Waals surface area (Å²) >= 11 is 0. The van der Waals surface area contributed by atoms with Crippen molar-refractivity contribution in [1.29, 1.82) is 0 Å². The van der Waals surface area contributed by atoms with Crippen LogP contribution in [0.2, 0.25) is 0 Å². The van der Waals surface area contributed by atoms with E-state index in [1.807, 2.05) is 31.2 Å². The number of ether oxygens (including phenoxy) is 1. The zero-order valence-corrected chi connectivity index (χ0v) is 7.34. The first kappa shape index (κ1) is 8.85. The highest BCUT2D eigenvalue weighted by Crippen LogP contribution is 2.23. The maximum absolute atomic E-state index is 5.33. The van der Waals surface area contributed by atoms with Gasteiger partial charge in [0.1, 0.15) is 5.75 Å². The summed E-state index contributed by atoms with van der Waals surface area (Å²) in [5.41, 5.74) is 2.07. The van der Waals surface area contributed by atoms with E-state index in [0.717, 1.165) is 16.9 Å². The molecule has 0 unspecified atom stereocenters. The molecule has 0 aliphatic heterocycles. The van der Waals surface area contributed by atoms with E-state index in [2.05, 4.69) is 13.5 Å². The topological polar surface area (TPSA) is 9.23 Å². The van der Waals surface area contributed by atoms with Crippen LogP contribution in [0.25, 0.3) is 5.57 Å². The highest BCUT2D eigenvalue weighted by Gasteiger charge is 2.00. The van der Waals surface area contributed by atoms with Gasteiger partial charge >= 0.3 is 0 Å². The smallest absolute Gasteiger partial charge is 0.126 e. The molecule has 0 saturated carbocycles. The average Bonchev–Trinajstić information content (AvgIpc) is 2.05. The Morgan fingerprint density at radius 1 is 1.42 bits per heavy atom. The van der Waals surface area contributed by atoms with E-state index in [1.165, 1.54) is 0 Å². The van der Waals surface area contributed by atoms with Gasteiger partial charge in [-0.1, -0.05) is 24.8 Å². The molecule has 0 atom stereocenters. The third kappa shape index (κ3) is 1.88. The molecular formula is C11H13O. The molecule has 0 heterocycles. The lowest BCUT2D eigenvalue weighted by molar-refractivity contribution is 0.360. The molecule has 1 heteroatoms. The third-order valence-electron chi connectivity index (χ3n) is 1.60.